The molecule has 0 saturated carbocycles. The second-order valence-corrected chi connectivity index (χ2v) is 4.73. The zero-order chi connectivity index (χ0) is 18.9. The van der Waals surface area contributed by atoms with Gasteiger partial charge >= 0.3 is 0 Å². The third kappa shape index (κ3) is 4.92. The molecule has 0 bridgehead atoms. The first-order valence-electron chi connectivity index (χ1n) is 7.11. The van der Waals surface area contributed by atoms with Crippen LogP contribution in [0.1, 0.15) is 11.1 Å². The molecule has 11 nitrogen and oxygen atoms in total. The number of hydrogen-bond donors (Lipinski definition) is 2. The van der Waals surface area contributed by atoms with Crippen molar-refractivity contribution >= 4 is 29.8 Å². The van der Waals surface area contributed by atoms with Gasteiger partial charge in [-0.05, 0) is 12.1 Å². The Morgan fingerprint density at radius 1 is 0.923 bits per heavy atom. The lowest BCUT2D eigenvalue weighted by atomic mass is 10.2. The molecule has 26 heavy (non-hydrogen) atoms. The Labute approximate surface area is 146 Å². The summed E-state index contributed by atoms with van der Waals surface area (Å²) in [5.41, 5.74) is 8.20. The van der Waals surface area contributed by atoms with Gasteiger partial charge in [-0.2, -0.15) is 10.2 Å². The average molecular weight is 355 g/mol. The molecule has 2 aromatic rings. The van der Waals surface area contributed by atoms with Crippen molar-refractivity contribution in [3.8, 4) is 0 Å². The van der Waals surface area contributed by atoms with Gasteiger partial charge in [-0.1, -0.05) is 24.3 Å². The van der Waals surface area contributed by atoms with Crippen molar-refractivity contribution in [2.75, 3.05) is 0 Å². The summed E-state index contributed by atoms with van der Waals surface area (Å²) in [6, 6.07) is 12.0. The van der Waals surface area contributed by atoms with Gasteiger partial charge in [-0.15, -0.1) is 5.10 Å². The van der Waals surface area contributed by atoms with Crippen LogP contribution in [0.2, 0.25) is 0 Å². The van der Waals surface area contributed by atoms with Crippen LogP contribution in [0.15, 0.2) is 63.8 Å². The summed E-state index contributed by atoms with van der Waals surface area (Å²) >= 11 is 0. The van der Waals surface area contributed by atoms with Crippen molar-refractivity contribution in [2.24, 2.45) is 21.0 Å². The van der Waals surface area contributed by atoms with Gasteiger partial charge in [0.1, 0.15) is 0 Å². The topological polar surface area (TPSA) is 161 Å². The predicted octanol–water partition coefficient (Wildman–Crippen LogP) is 1.78. The van der Waals surface area contributed by atoms with Crippen LogP contribution in [0.5, 0.6) is 0 Å². The number of nitrogens with zero attached hydrogens (tertiary/aromatic N) is 5. The number of hydrazone groups is 1. The zero-order valence-corrected chi connectivity index (χ0v) is 13.2. The van der Waals surface area contributed by atoms with Gasteiger partial charge in [-0.3, -0.25) is 20.2 Å². The molecule has 0 aliphatic rings. The molecule has 3 N–H and O–H groups in total. The van der Waals surface area contributed by atoms with Crippen LogP contribution >= 0.6 is 0 Å². The molecule has 0 atom stereocenters. The summed E-state index contributed by atoms with van der Waals surface area (Å²) in [6.07, 6.45) is 2.39. The van der Waals surface area contributed by atoms with Crippen molar-refractivity contribution in [3.05, 3.63) is 79.9 Å². The Kier molecular flexibility index (Phi) is 6.04. The molecule has 0 heterocycles. The van der Waals surface area contributed by atoms with Crippen molar-refractivity contribution in [2.45, 2.75) is 0 Å². The Morgan fingerprint density at radius 2 is 1.42 bits per heavy atom. The summed E-state index contributed by atoms with van der Waals surface area (Å²) in [7, 11) is 0. The van der Waals surface area contributed by atoms with E-state index in [1.807, 2.05) is 0 Å². The number of rotatable bonds is 6. The maximum Gasteiger partial charge on any atom is 0.278 e. The molecule has 0 saturated heterocycles. The highest BCUT2D eigenvalue weighted by molar-refractivity contribution is 5.88. The fourth-order valence-electron chi connectivity index (χ4n) is 1.87. The van der Waals surface area contributed by atoms with E-state index in [-0.39, 0.29) is 28.5 Å². The number of benzene rings is 2. The fourth-order valence-corrected chi connectivity index (χ4v) is 1.87. The van der Waals surface area contributed by atoms with Gasteiger partial charge in [0.15, 0.2) is 0 Å². The van der Waals surface area contributed by atoms with E-state index in [1.54, 1.807) is 12.1 Å². The van der Waals surface area contributed by atoms with Gasteiger partial charge in [0, 0.05) is 12.1 Å². The molecule has 2 aromatic carbocycles. The van der Waals surface area contributed by atoms with Crippen molar-refractivity contribution < 1.29 is 9.85 Å². The quantitative estimate of drug-likeness (QED) is 0.347. The van der Waals surface area contributed by atoms with Gasteiger partial charge in [0.2, 0.25) is 5.96 Å². The van der Waals surface area contributed by atoms with E-state index >= 15 is 0 Å². The predicted molar refractivity (Wildman–Crippen MR) is 96.1 cm³/mol. The highest BCUT2D eigenvalue weighted by Crippen LogP contribution is 2.15. The molecule has 2 rings (SSSR count). The number of nitro benzene ring substituents is 2. The third-order valence-corrected chi connectivity index (χ3v) is 3.01. The molecular formula is C15H13N7O4. The van der Waals surface area contributed by atoms with Gasteiger partial charge in [-0.25, -0.2) is 5.43 Å². The standard InChI is InChI=1S/C15H13N7O4/c16-15(19-17-9-11-5-1-3-7-13(11)21(23)24)20-18-10-12-6-2-4-8-14(12)22(25)26/h1-10H,(H3,16,19,20)/b17-9+,18-10+. The normalized spacial score (nSPS) is 11.8. The van der Waals surface area contributed by atoms with E-state index in [0.29, 0.717) is 0 Å². The first-order chi connectivity index (χ1) is 12.5. The summed E-state index contributed by atoms with van der Waals surface area (Å²) in [6.45, 7) is 0. The van der Waals surface area contributed by atoms with Crippen molar-refractivity contribution in [1.29, 1.82) is 0 Å². The van der Waals surface area contributed by atoms with Crippen LogP contribution in [0.3, 0.4) is 0 Å². The minimum absolute atomic E-state index is 0.108. The van der Waals surface area contributed by atoms with Crippen LogP contribution in [0, 0.1) is 20.2 Å². The molecular weight excluding hydrogens is 342 g/mol. The van der Waals surface area contributed by atoms with Crippen LogP contribution < -0.4 is 11.2 Å². The Morgan fingerprint density at radius 3 is 1.96 bits per heavy atom. The maximum atomic E-state index is 10.9. The Balaban J connectivity index is 2.04. The number of hydrogen-bond acceptors (Lipinski definition) is 7. The third-order valence-electron chi connectivity index (χ3n) is 3.01. The summed E-state index contributed by atoms with van der Waals surface area (Å²) in [4.78, 5) is 20.7. The average Bonchev–Trinajstić information content (AvgIpc) is 2.62. The number of para-hydroxylation sites is 2. The number of guanidine groups is 1. The van der Waals surface area contributed by atoms with E-state index in [1.165, 1.54) is 48.8 Å². The Hall–Kier alpha value is -4.15. The first kappa shape index (κ1) is 18.2. The van der Waals surface area contributed by atoms with E-state index in [2.05, 4.69) is 20.7 Å². The molecule has 132 valence electrons. The SMILES string of the molecule is NC(=N/N=C/c1ccccc1[N+](=O)[O-])N/N=C/c1ccccc1[N+](=O)[O-]. The lowest BCUT2D eigenvalue weighted by molar-refractivity contribution is -0.385. The van der Waals surface area contributed by atoms with E-state index in [9.17, 15) is 20.2 Å². The molecule has 0 spiro atoms. The second-order valence-electron chi connectivity index (χ2n) is 4.73. The van der Waals surface area contributed by atoms with Crippen LogP contribution in [0.4, 0.5) is 11.4 Å². The van der Waals surface area contributed by atoms with Crippen LogP contribution in [-0.4, -0.2) is 28.2 Å². The van der Waals surface area contributed by atoms with Crippen LogP contribution in [0.25, 0.3) is 0 Å². The highest BCUT2D eigenvalue weighted by Gasteiger charge is 2.10. The molecule has 0 fully saturated rings. The molecule has 0 aliphatic heterocycles. The van der Waals surface area contributed by atoms with Crippen molar-refractivity contribution in [1.82, 2.24) is 5.43 Å². The number of nitrogens with two attached hydrogens (primary N) is 1. The van der Waals surface area contributed by atoms with E-state index < -0.39 is 9.85 Å². The lowest BCUT2D eigenvalue weighted by Crippen LogP contribution is -2.26. The lowest BCUT2D eigenvalue weighted by Gasteiger charge is -1.98. The molecule has 0 radical (unpaired) electrons. The number of nitro groups is 2. The molecule has 11 heteroatoms. The van der Waals surface area contributed by atoms with Crippen LogP contribution in [-0.2, 0) is 0 Å². The summed E-state index contributed by atoms with van der Waals surface area (Å²) in [5.74, 6) is -0.199. The van der Waals surface area contributed by atoms with Gasteiger partial charge < -0.3 is 5.73 Å². The smallest absolute Gasteiger partial charge is 0.278 e. The number of nitrogens with one attached hydrogen (secondary N) is 1. The highest BCUT2D eigenvalue weighted by atomic mass is 16.6. The first-order valence-corrected chi connectivity index (χ1v) is 7.11. The summed E-state index contributed by atoms with van der Waals surface area (Å²) < 4.78 is 0. The minimum atomic E-state index is -0.538. The minimum Gasteiger partial charge on any atom is -0.367 e. The molecule has 0 amide bonds. The van der Waals surface area contributed by atoms with Crippen molar-refractivity contribution in [3.63, 3.8) is 0 Å². The van der Waals surface area contributed by atoms with E-state index in [0.717, 1.165) is 0 Å². The molecule has 0 unspecified atom stereocenters. The molecule has 0 aliphatic carbocycles. The monoisotopic (exact) mass is 355 g/mol. The van der Waals surface area contributed by atoms with Gasteiger partial charge in [0.05, 0.1) is 33.4 Å². The fraction of sp³-hybridized carbons (Fsp3) is 0. The summed E-state index contributed by atoms with van der Waals surface area (Å²) in [5, 5.41) is 32.7. The Bertz CT molecular complexity index is 908. The van der Waals surface area contributed by atoms with E-state index in [4.69, 9.17) is 5.73 Å². The zero-order valence-electron chi connectivity index (χ0n) is 13.2. The largest absolute Gasteiger partial charge is 0.367 e. The maximum absolute atomic E-state index is 10.9. The second kappa shape index (κ2) is 8.63. The van der Waals surface area contributed by atoms with Gasteiger partial charge in [0.25, 0.3) is 11.4 Å². The molecule has 0 aromatic heterocycles.